The summed E-state index contributed by atoms with van der Waals surface area (Å²) < 4.78 is 2.09. The number of aromatic nitrogens is 1. The number of nitrogens with zero attached hydrogens (tertiary/aromatic N) is 4. The highest BCUT2D eigenvalue weighted by atomic mass is 35.5. The predicted molar refractivity (Wildman–Crippen MR) is 130 cm³/mol. The molecule has 1 aromatic carbocycles. The van der Waals surface area contributed by atoms with Crippen LogP contribution in [0.1, 0.15) is 48.7 Å². The average Bonchev–Trinajstić information content (AvgIpc) is 3.26. The van der Waals surface area contributed by atoms with Gasteiger partial charge in [0.15, 0.2) is 5.84 Å². The van der Waals surface area contributed by atoms with Gasteiger partial charge in [0.25, 0.3) is 5.91 Å². The summed E-state index contributed by atoms with van der Waals surface area (Å²) in [6.07, 6.45) is 4.66. The molecule has 6 nitrogen and oxygen atoms in total. The number of hydrazone groups is 1. The monoisotopic (exact) mass is 453 g/mol. The van der Waals surface area contributed by atoms with Crippen LogP contribution in [0.3, 0.4) is 0 Å². The number of fused-ring (bicyclic) bond motifs is 1. The highest BCUT2D eigenvalue weighted by Crippen LogP contribution is 2.31. The van der Waals surface area contributed by atoms with Crippen molar-refractivity contribution in [1.29, 1.82) is 5.41 Å². The first-order valence-corrected chi connectivity index (χ1v) is 11.4. The number of aliphatic imine (C=N–C) groups is 1. The number of carbonyl (C=O) groups excluding carboxylic acids is 1. The van der Waals surface area contributed by atoms with Crippen LogP contribution < -0.4 is 0 Å². The maximum Gasteiger partial charge on any atom is 0.283 e. The van der Waals surface area contributed by atoms with Crippen LogP contribution in [0.2, 0.25) is 5.02 Å². The van der Waals surface area contributed by atoms with Crippen molar-refractivity contribution in [2.45, 2.75) is 47.0 Å². The van der Waals surface area contributed by atoms with Crippen LogP contribution in [-0.4, -0.2) is 31.5 Å². The Morgan fingerprint density at radius 2 is 2.00 bits per heavy atom. The second kappa shape index (κ2) is 8.48. The van der Waals surface area contributed by atoms with Crippen molar-refractivity contribution < 1.29 is 4.79 Å². The van der Waals surface area contributed by atoms with Crippen molar-refractivity contribution in [2.24, 2.45) is 10.1 Å². The van der Waals surface area contributed by atoms with Gasteiger partial charge in [0.05, 0.1) is 5.57 Å². The summed E-state index contributed by atoms with van der Waals surface area (Å²) in [4.78, 5) is 16.9. The van der Waals surface area contributed by atoms with E-state index < -0.39 is 5.91 Å². The van der Waals surface area contributed by atoms with E-state index in [1.807, 2.05) is 45.0 Å². The Morgan fingerprint density at radius 3 is 2.71 bits per heavy atom. The zero-order valence-electron chi connectivity index (χ0n) is 18.0. The largest absolute Gasteiger partial charge is 0.318 e. The number of rotatable bonds is 5. The smallest absolute Gasteiger partial charge is 0.283 e. The first-order valence-electron chi connectivity index (χ1n) is 10.2. The molecule has 0 atom stereocenters. The number of aryl methyl sites for hydroxylation is 2. The van der Waals surface area contributed by atoms with Gasteiger partial charge in [0, 0.05) is 22.1 Å². The molecule has 8 heteroatoms. The number of hydrogen-bond acceptors (Lipinski definition) is 4. The first kappa shape index (κ1) is 21.6. The molecule has 0 spiro atoms. The van der Waals surface area contributed by atoms with Gasteiger partial charge in [-0.15, -0.1) is 0 Å². The molecule has 3 heterocycles. The van der Waals surface area contributed by atoms with E-state index in [9.17, 15) is 4.79 Å². The number of benzene rings is 1. The van der Waals surface area contributed by atoms with Crippen LogP contribution in [0.25, 0.3) is 11.8 Å². The predicted octanol–water partition coefficient (Wildman–Crippen LogP) is 5.87. The Morgan fingerprint density at radius 1 is 1.23 bits per heavy atom. The molecule has 160 valence electrons. The number of thioether (sulfide) groups is 1. The van der Waals surface area contributed by atoms with E-state index in [1.54, 1.807) is 6.08 Å². The van der Waals surface area contributed by atoms with Crippen molar-refractivity contribution in [3.05, 3.63) is 57.4 Å². The van der Waals surface area contributed by atoms with Crippen molar-refractivity contribution >= 4 is 51.4 Å². The number of hydrogen-bond donors (Lipinski definition) is 1. The molecular weight excluding hydrogens is 430 g/mol. The number of amides is 1. The minimum atomic E-state index is -0.404. The third-order valence-electron chi connectivity index (χ3n) is 5.42. The zero-order chi connectivity index (χ0) is 22.3. The molecule has 0 fully saturated rings. The number of nitrogens with one attached hydrogen (secondary N) is 1. The lowest BCUT2D eigenvalue weighted by Gasteiger charge is -2.20. The van der Waals surface area contributed by atoms with Gasteiger partial charge in [-0.3, -0.25) is 10.2 Å². The molecular formula is C23H24ClN5OS. The molecule has 0 saturated heterocycles. The van der Waals surface area contributed by atoms with Gasteiger partial charge in [-0.2, -0.15) is 15.1 Å². The van der Waals surface area contributed by atoms with Crippen molar-refractivity contribution in [3.63, 3.8) is 0 Å². The molecule has 31 heavy (non-hydrogen) atoms. The van der Waals surface area contributed by atoms with Crippen LogP contribution in [0.15, 0.2) is 39.9 Å². The first-order chi connectivity index (χ1) is 14.8. The average molecular weight is 454 g/mol. The fourth-order valence-electron chi connectivity index (χ4n) is 3.67. The van der Waals surface area contributed by atoms with E-state index in [-0.39, 0.29) is 11.4 Å². The number of unbranched alkanes of at least 4 members (excludes halogenated alkanes) is 1. The summed E-state index contributed by atoms with van der Waals surface area (Å²) in [5, 5.41) is 16.6. The van der Waals surface area contributed by atoms with Gasteiger partial charge in [0.1, 0.15) is 5.04 Å². The molecule has 2 aliphatic heterocycles. The normalized spacial score (nSPS) is 17.3. The molecule has 2 aliphatic rings. The fourth-order valence-corrected chi connectivity index (χ4v) is 4.77. The van der Waals surface area contributed by atoms with E-state index in [0.717, 1.165) is 52.5 Å². The van der Waals surface area contributed by atoms with Crippen LogP contribution in [0.4, 0.5) is 0 Å². The van der Waals surface area contributed by atoms with E-state index in [4.69, 9.17) is 17.0 Å². The molecule has 0 saturated carbocycles. The molecule has 2 aromatic rings. The number of carbonyl (C=O) groups is 1. The van der Waals surface area contributed by atoms with Gasteiger partial charge in [-0.05, 0) is 80.8 Å². The maximum absolute atomic E-state index is 12.7. The van der Waals surface area contributed by atoms with Crippen molar-refractivity contribution in [3.8, 4) is 5.69 Å². The lowest BCUT2D eigenvalue weighted by molar-refractivity contribution is -0.114. The lowest BCUT2D eigenvalue weighted by Crippen LogP contribution is -2.35. The van der Waals surface area contributed by atoms with Gasteiger partial charge in [0.2, 0.25) is 5.17 Å². The van der Waals surface area contributed by atoms with Crippen LogP contribution in [0, 0.1) is 26.2 Å². The Balaban J connectivity index is 1.69. The van der Waals surface area contributed by atoms with Crippen molar-refractivity contribution in [1.82, 2.24) is 9.58 Å². The lowest BCUT2D eigenvalue weighted by atomic mass is 10.1. The molecule has 1 aromatic heterocycles. The van der Waals surface area contributed by atoms with E-state index in [1.165, 1.54) is 16.8 Å². The number of halogens is 1. The van der Waals surface area contributed by atoms with Gasteiger partial charge < -0.3 is 4.57 Å². The van der Waals surface area contributed by atoms with E-state index >= 15 is 0 Å². The second-order valence-corrected chi connectivity index (χ2v) is 9.16. The summed E-state index contributed by atoms with van der Waals surface area (Å²) in [5.74, 6) is -0.337. The van der Waals surface area contributed by atoms with Gasteiger partial charge in [-0.25, -0.2) is 0 Å². The Labute approximate surface area is 191 Å². The summed E-state index contributed by atoms with van der Waals surface area (Å²) >= 11 is 7.71. The Bertz CT molecular complexity index is 1190. The maximum atomic E-state index is 12.7. The molecule has 1 N–H and O–H groups in total. The molecule has 0 radical (unpaired) electrons. The molecule has 4 rings (SSSR count). The van der Waals surface area contributed by atoms with Gasteiger partial charge >= 0.3 is 0 Å². The van der Waals surface area contributed by atoms with Crippen LogP contribution >= 0.6 is 23.4 Å². The standard InChI is InChI=1S/C23H24ClN5OS/c1-5-6-7-20-27-29-21(25)18(22(30)26-23(29)31-20)11-16-10-14(3)28(15(16)4)17-9-8-13(2)19(24)12-17/h8-12,25H,5-7H2,1-4H3/b18-11-,25-21?. The SMILES string of the molecule is CCCCC1=NN2C(=N)/C(=C/c3cc(C)n(-c4ccc(C)c(Cl)c4)c3C)C(=O)N=C2S1. The summed E-state index contributed by atoms with van der Waals surface area (Å²) in [6, 6.07) is 7.96. The summed E-state index contributed by atoms with van der Waals surface area (Å²) in [5.41, 5.74) is 5.06. The van der Waals surface area contributed by atoms with Crippen LogP contribution in [0.5, 0.6) is 0 Å². The third kappa shape index (κ3) is 4.00. The van der Waals surface area contributed by atoms with Gasteiger partial charge in [-0.1, -0.05) is 31.0 Å². The Kier molecular flexibility index (Phi) is 5.90. The number of amidine groups is 2. The highest BCUT2D eigenvalue weighted by Gasteiger charge is 2.35. The van der Waals surface area contributed by atoms with Crippen molar-refractivity contribution in [2.75, 3.05) is 0 Å². The summed E-state index contributed by atoms with van der Waals surface area (Å²) in [7, 11) is 0. The quantitative estimate of drug-likeness (QED) is 0.575. The topological polar surface area (TPSA) is 73.8 Å². The second-order valence-electron chi connectivity index (χ2n) is 7.71. The minimum Gasteiger partial charge on any atom is -0.318 e. The zero-order valence-corrected chi connectivity index (χ0v) is 19.6. The Hall–Kier alpha value is -2.64. The molecule has 1 amide bonds. The highest BCUT2D eigenvalue weighted by molar-refractivity contribution is 8.26. The molecule has 0 unspecified atom stereocenters. The molecule has 0 bridgehead atoms. The van der Waals surface area contributed by atoms with Crippen LogP contribution in [-0.2, 0) is 4.79 Å². The summed E-state index contributed by atoms with van der Waals surface area (Å²) in [6.45, 7) is 8.09. The molecule has 0 aliphatic carbocycles. The van der Waals surface area contributed by atoms with E-state index in [2.05, 4.69) is 21.6 Å². The minimum absolute atomic E-state index is 0.0668. The van der Waals surface area contributed by atoms with E-state index in [0.29, 0.717) is 10.2 Å². The third-order valence-corrected chi connectivity index (χ3v) is 6.80. The fraction of sp³-hybridized carbons (Fsp3) is 0.304.